The predicted octanol–water partition coefficient (Wildman–Crippen LogP) is 5.27. The van der Waals surface area contributed by atoms with E-state index in [0.717, 1.165) is 18.2 Å². The van der Waals surface area contributed by atoms with Crippen molar-refractivity contribution in [1.82, 2.24) is 4.98 Å². The van der Waals surface area contributed by atoms with Gasteiger partial charge in [-0.1, -0.05) is 12.1 Å². The molecule has 1 aromatic carbocycles. The van der Waals surface area contributed by atoms with Gasteiger partial charge in [0.05, 0.1) is 5.69 Å². The van der Waals surface area contributed by atoms with E-state index in [1.807, 2.05) is 0 Å². The molecule has 0 radical (unpaired) electrons. The van der Waals surface area contributed by atoms with E-state index in [9.17, 15) is 26.3 Å². The topological polar surface area (TPSA) is 22.1 Å². The molecule has 0 aliphatic rings. The molecule has 0 N–H and O–H groups in total. The summed E-state index contributed by atoms with van der Waals surface area (Å²) in [6.45, 7) is 0. The molecule has 0 unspecified atom stereocenters. The summed E-state index contributed by atoms with van der Waals surface area (Å²) in [7, 11) is 0. The molecule has 0 aliphatic carbocycles. The minimum absolute atomic E-state index is 0.0887. The number of aromatic nitrogens is 1. The summed E-state index contributed by atoms with van der Waals surface area (Å²) in [6.07, 6.45) is -9.52. The van der Waals surface area contributed by atoms with Gasteiger partial charge in [0.15, 0.2) is 0 Å². The van der Waals surface area contributed by atoms with Gasteiger partial charge in [0.25, 0.3) is 0 Å². The monoisotopic (exact) mass is 433 g/mol. The maximum atomic E-state index is 12.7. The Bertz CT molecular complexity index is 683. The maximum absolute atomic E-state index is 12.7. The van der Waals surface area contributed by atoms with E-state index in [4.69, 9.17) is 0 Å². The third-order valence-corrected chi connectivity index (χ3v) is 3.07. The predicted molar refractivity (Wildman–Crippen MR) is 74.1 cm³/mol. The van der Waals surface area contributed by atoms with Crippen molar-refractivity contribution in [2.45, 2.75) is 12.5 Å². The SMILES string of the molecule is FC(F)(F)Oc1cccc(-c2cc(I)cc(C(F)(F)F)n2)c1. The Morgan fingerprint density at radius 1 is 0.955 bits per heavy atom. The van der Waals surface area contributed by atoms with Crippen molar-refractivity contribution >= 4 is 22.6 Å². The van der Waals surface area contributed by atoms with Crippen LogP contribution in [0.5, 0.6) is 5.75 Å². The van der Waals surface area contributed by atoms with Crippen LogP contribution in [0.1, 0.15) is 5.69 Å². The first-order valence-electron chi connectivity index (χ1n) is 5.65. The third-order valence-electron chi connectivity index (χ3n) is 2.44. The van der Waals surface area contributed by atoms with Gasteiger partial charge < -0.3 is 4.74 Å². The molecule has 0 bridgehead atoms. The highest BCUT2D eigenvalue weighted by molar-refractivity contribution is 14.1. The van der Waals surface area contributed by atoms with E-state index < -0.39 is 24.0 Å². The van der Waals surface area contributed by atoms with Crippen molar-refractivity contribution in [2.24, 2.45) is 0 Å². The van der Waals surface area contributed by atoms with Crippen molar-refractivity contribution in [3.8, 4) is 17.0 Å². The van der Waals surface area contributed by atoms with Gasteiger partial charge in [-0.15, -0.1) is 13.2 Å². The number of alkyl halides is 6. The Morgan fingerprint density at radius 3 is 2.23 bits per heavy atom. The fraction of sp³-hybridized carbons (Fsp3) is 0.154. The summed E-state index contributed by atoms with van der Waals surface area (Å²) in [5.74, 6) is -0.529. The van der Waals surface area contributed by atoms with E-state index in [0.29, 0.717) is 0 Å². The van der Waals surface area contributed by atoms with Crippen LogP contribution in [-0.2, 0) is 6.18 Å². The number of pyridine rings is 1. The lowest BCUT2D eigenvalue weighted by Crippen LogP contribution is -2.17. The molecule has 0 saturated carbocycles. The van der Waals surface area contributed by atoms with E-state index >= 15 is 0 Å². The molecule has 2 nitrogen and oxygen atoms in total. The zero-order valence-corrected chi connectivity index (χ0v) is 12.6. The summed E-state index contributed by atoms with van der Waals surface area (Å²) in [6, 6.07) is 6.80. The van der Waals surface area contributed by atoms with Crippen LogP contribution in [-0.4, -0.2) is 11.3 Å². The molecule has 0 fully saturated rings. The van der Waals surface area contributed by atoms with E-state index in [-0.39, 0.29) is 14.8 Å². The first-order valence-corrected chi connectivity index (χ1v) is 6.73. The molecular weight excluding hydrogens is 427 g/mol. The molecule has 9 heteroatoms. The first-order chi connectivity index (χ1) is 10.0. The lowest BCUT2D eigenvalue weighted by molar-refractivity contribution is -0.274. The summed E-state index contributed by atoms with van der Waals surface area (Å²) >= 11 is 1.68. The average Bonchev–Trinajstić information content (AvgIpc) is 2.35. The second-order valence-corrected chi connectivity index (χ2v) is 5.37. The van der Waals surface area contributed by atoms with Gasteiger partial charge in [-0.05, 0) is 46.9 Å². The van der Waals surface area contributed by atoms with Crippen LogP contribution < -0.4 is 4.74 Å². The maximum Gasteiger partial charge on any atom is 0.573 e. The standard InChI is InChI=1S/C13H6F6INO/c14-12(15,16)11-6-8(20)5-10(21-11)7-2-1-3-9(4-7)22-13(17,18)19/h1-6H. The van der Waals surface area contributed by atoms with E-state index in [1.165, 1.54) is 18.2 Å². The Hall–Kier alpha value is -1.52. The summed E-state index contributed by atoms with van der Waals surface area (Å²) in [5.41, 5.74) is -1.12. The Balaban J connectivity index is 2.44. The van der Waals surface area contributed by atoms with Gasteiger partial charge in [0.1, 0.15) is 11.4 Å². The van der Waals surface area contributed by atoms with Gasteiger partial charge in [-0.3, -0.25) is 0 Å². The molecule has 2 aromatic rings. The number of halogens is 7. The normalized spacial score (nSPS) is 12.3. The van der Waals surface area contributed by atoms with Crippen molar-refractivity contribution in [3.05, 3.63) is 45.7 Å². The third kappa shape index (κ3) is 4.49. The van der Waals surface area contributed by atoms with Gasteiger partial charge in [0.2, 0.25) is 0 Å². The van der Waals surface area contributed by atoms with Crippen LogP contribution >= 0.6 is 22.6 Å². The number of rotatable bonds is 2. The summed E-state index contributed by atoms with van der Waals surface area (Å²) in [4.78, 5) is 3.45. The highest BCUT2D eigenvalue weighted by atomic mass is 127. The van der Waals surface area contributed by atoms with Gasteiger partial charge in [-0.25, -0.2) is 4.98 Å². The molecular formula is C13H6F6INO. The average molecular weight is 433 g/mol. The second-order valence-electron chi connectivity index (χ2n) is 4.13. The number of ether oxygens (including phenoxy) is 1. The zero-order valence-electron chi connectivity index (χ0n) is 10.5. The number of hydrogen-bond acceptors (Lipinski definition) is 2. The number of benzene rings is 1. The van der Waals surface area contributed by atoms with Gasteiger partial charge in [-0.2, -0.15) is 13.2 Å². The van der Waals surface area contributed by atoms with Gasteiger partial charge in [0, 0.05) is 9.13 Å². The number of hydrogen-bond donors (Lipinski definition) is 0. The molecule has 0 spiro atoms. The van der Waals surface area contributed by atoms with Crippen LogP contribution in [0.25, 0.3) is 11.3 Å². The molecule has 2 rings (SSSR count). The fourth-order valence-corrected chi connectivity index (χ4v) is 2.23. The number of nitrogens with zero attached hydrogens (tertiary/aromatic N) is 1. The molecule has 0 aliphatic heterocycles. The molecule has 1 heterocycles. The van der Waals surface area contributed by atoms with Crippen molar-refractivity contribution < 1.29 is 31.1 Å². The smallest absolute Gasteiger partial charge is 0.406 e. The molecule has 1 aromatic heterocycles. The highest BCUT2D eigenvalue weighted by Crippen LogP contribution is 2.32. The quantitative estimate of drug-likeness (QED) is 0.476. The zero-order chi connectivity index (χ0) is 16.5. The highest BCUT2D eigenvalue weighted by Gasteiger charge is 2.33. The summed E-state index contributed by atoms with van der Waals surface area (Å²) < 4.78 is 78.7. The van der Waals surface area contributed by atoms with E-state index in [1.54, 1.807) is 22.6 Å². The molecule has 22 heavy (non-hydrogen) atoms. The Morgan fingerprint density at radius 2 is 1.64 bits per heavy atom. The lowest BCUT2D eigenvalue weighted by atomic mass is 10.1. The van der Waals surface area contributed by atoms with Crippen molar-refractivity contribution in [3.63, 3.8) is 0 Å². The van der Waals surface area contributed by atoms with Crippen LogP contribution in [0.2, 0.25) is 0 Å². The summed E-state index contributed by atoms with van der Waals surface area (Å²) in [5, 5.41) is 0. The van der Waals surface area contributed by atoms with Crippen molar-refractivity contribution in [2.75, 3.05) is 0 Å². The van der Waals surface area contributed by atoms with Crippen LogP contribution in [0, 0.1) is 3.57 Å². The molecule has 0 amide bonds. The van der Waals surface area contributed by atoms with Gasteiger partial charge >= 0.3 is 12.5 Å². The second kappa shape index (κ2) is 5.94. The lowest BCUT2D eigenvalue weighted by Gasteiger charge is -2.11. The van der Waals surface area contributed by atoms with E-state index in [2.05, 4.69) is 9.72 Å². The van der Waals surface area contributed by atoms with Crippen molar-refractivity contribution in [1.29, 1.82) is 0 Å². The Kier molecular flexibility index (Phi) is 4.54. The van der Waals surface area contributed by atoms with Crippen LogP contribution in [0.15, 0.2) is 36.4 Å². The minimum Gasteiger partial charge on any atom is -0.406 e. The largest absolute Gasteiger partial charge is 0.573 e. The van der Waals surface area contributed by atoms with Crippen LogP contribution in [0.3, 0.4) is 0 Å². The Labute approximate surface area is 134 Å². The molecule has 118 valence electrons. The first kappa shape index (κ1) is 16.8. The van der Waals surface area contributed by atoms with Crippen LogP contribution in [0.4, 0.5) is 26.3 Å². The fourth-order valence-electron chi connectivity index (χ4n) is 1.64. The molecule has 0 saturated heterocycles. The molecule has 0 atom stereocenters. The minimum atomic E-state index is -4.88.